The van der Waals surface area contributed by atoms with Gasteiger partial charge in [-0.2, -0.15) is 0 Å². The van der Waals surface area contributed by atoms with Crippen molar-refractivity contribution in [3.05, 3.63) is 29.6 Å². The Balaban J connectivity index is 2.09. The van der Waals surface area contributed by atoms with Crippen LogP contribution in [0.25, 0.3) is 0 Å². The van der Waals surface area contributed by atoms with E-state index in [0.717, 1.165) is 32.5 Å². The largest absolute Gasteiger partial charge is 0.369 e. The topological polar surface area (TPSA) is 35.6 Å². The molecular formula is C15H22FN3O. The molecule has 0 spiro atoms. The molecular weight excluding hydrogens is 257 g/mol. The van der Waals surface area contributed by atoms with Gasteiger partial charge < -0.3 is 15.1 Å². The number of rotatable bonds is 5. The molecule has 5 heteroatoms. The lowest BCUT2D eigenvalue weighted by molar-refractivity contribution is 0.0796. The average Bonchev–Trinajstić information content (AvgIpc) is 2.97. The number of amides is 1. The Morgan fingerprint density at radius 1 is 1.40 bits per heavy atom. The Bertz CT molecular complexity index is 472. The van der Waals surface area contributed by atoms with Gasteiger partial charge in [-0.25, -0.2) is 4.39 Å². The number of carbonyl (C=O) groups is 1. The summed E-state index contributed by atoms with van der Waals surface area (Å²) in [6.45, 7) is 3.11. The average molecular weight is 279 g/mol. The summed E-state index contributed by atoms with van der Waals surface area (Å²) in [5.74, 6) is -0.452. The smallest absolute Gasteiger partial charge is 0.253 e. The summed E-state index contributed by atoms with van der Waals surface area (Å²) in [4.78, 5) is 15.8. The van der Waals surface area contributed by atoms with E-state index < -0.39 is 0 Å². The van der Waals surface area contributed by atoms with E-state index in [2.05, 4.69) is 5.32 Å². The van der Waals surface area contributed by atoms with E-state index in [1.807, 2.05) is 11.9 Å². The molecule has 0 bridgehead atoms. The van der Waals surface area contributed by atoms with Gasteiger partial charge in [0.1, 0.15) is 5.82 Å². The quantitative estimate of drug-likeness (QED) is 0.891. The number of nitrogens with one attached hydrogen (secondary N) is 1. The lowest BCUT2D eigenvalue weighted by atomic mass is 10.1. The van der Waals surface area contributed by atoms with Crippen LogP contribution in [0.3, 0.4) is 0 Å². The van der Waals surface area contributed by atoms with Gasteiger partial charge in [-0.1, -0.05) is 0 Å². The number of halogens is 1. The van der Waals surface area contributed by atoms with Gasteiger partial charge in [0.25, 0.3) is 5.91 Å². The number of anilines is 1. The summed E-state index contributed by atoms with van der Waals surface area (Å²) in [5, 5.41) is 2.99. The molecule has 1 saturated heterocycles. The van der Waals surface area contributed by atoms with Crippen LogP contribution < -0.4 is 10.2 Å². The van der Waals surface area contributed by atoms with Crippen LogP contribution in [0.5, 0.6) is 0 Å². The Hall–Kier alpha value is -1.62. The summed E-state index contributed by atoms with van der Waals surface area (Å²) < 4.78 is 14.2. The molecule has 1 heterocycles. The first-order chi connectivity index (χ1) is 9.63. The maximum absolute atomic E-state index is 14.2. The van der Waals surface area contributed by atoms with Gasteiger partial charge in [0, 0.05) is 38.8 Å². The molecule has 1 N–H and O–H groups in total. The number of hydrogen-bond donors (Lipinski definition) is 1. The number of likely N-dealkylation sites (N-methyl/N-ethyl adjacent to an activating group) is 2. The Labute approximate surface area is 119 Å². The fourth-order valence-electron chi connectivity index (χ4n) is 2.46. The summed E-state index contributed by atoms with van der Waals surface area (Å²) in [6.07, 6.45) is 2.21. The molecule has 0 aromatic heterocycles. The van der Waals surface area contributed by atoms with Crippen LogP contribution in [-0.4, -0.2) is 51.1 Å². The molecule has 0 atom stereocenters. The van der Waals surface area contributed by atoms with Gasteiger partial charge in [0.05, 0.1) is 5.69 Å². The standard InChI is InChI=1S/C15H22FN3O/c1-17-7-10-18(2)15(20)12-5-6-14(13(16)11-12)19-8-3-4-9-19/h5-6,11,17H,3-4,7-10H2,1-2H3. The fourth-order valence-corrected chi connectivity index (χ4v) is 2.46. The van der Waals surface area contributed by atoms with Crippen LogP contribution >= 0.6 is 0 Å². The van der Waals surface area contributed by atoms with Crippen molar-refractivity contribution in [2.45, 2.75) is 12.8 Å². The summed E-state index contributed by atoms with van der Waals surface area (Å²) in [5.41, 5.74) is 1.01. The molecule has 1 aromatic rings. The van der Waals surface area contributed by atoms with Gasteiger partial charge in [-0.15, -0.1) is 0 Å². The predicted octanol–water partition coefficient (Wildman–Crippen LogP) is 1.72. The minimum Gasteiger partial charge on any atom is -0.369 e. The lowest BCUT2D eigenvalue weighted by Crippen LogP contribution is -2.32. The monoisotopic (exact) mass is 279 g/mol. The summed E-state index contributed by atoms with van der Waals surface area (Å²) in [6, 6.07) is 4.79. The third kappa shape index (κ3) is 3.28. The molecule has 1 aliphatic rings. The first kappa shape index (κ1) is 14.8. The van der Waals surface area contributed by atoms with E-state index in [9.17, 15) is 9.18 Å². The van der Waals surface area contributed by atoms with E-state index >= 15 is 0 Å². The van der Waals surface area contributed by atoms with Crippen LogP contribution in [0.1, 0.15) is 23.2 Å². The molecule has 4 nitrogen and oxygen atoms in total. The van der Waals surface area contributed by atoms with Crippen molar-refractivity contribution in [2.24, 2.45) is 0 Å². The second kappa shape index (κ2) is 6.70. The third-order valence-electron chi connectivity index (χ3n) is 3.69. The highest BCUT2D eigenvalue weighted by Gasteiger charge is 2.18. The molecule has 1 aromatic carbocycles. The number of benzene rings is 1. The normalized spacial score (nSPS) is 14.7. The van der Waals surface area contributed by atoms with E-state index in [1.54, 1.807) is 24.1 Å². The van der Waals surface area contributed by atoms with Gasteiger partial charge in [0.2, 0.25) is 0 Å². The van der Waals surface area contributed by atoms with Crippen molar-refractivity contribution in [3.63, 3.8) is 0 Å². The molecule has 1 amide bonds. The van der Waals surface area contributed by atoms with Crippen molar-refractivity contribution in [1.82, 2.24) is 10.2 Å². The highest BCUT2D eigenvalue weighted by molar-refractivity contribution is 5.94. The zero-order valence-corrected chi connectivity index (χ0v) is 12.2. The van der Waals surface area contributed by atoms with Crippen molar-refractivity contribution in [2.75, 3.05) is 45.2 Å². The zero-order chi connectivity index (χ0) is 14.5. The van der Waals surface area contributed by atoms with Crippen molar-refractivity contribution in [1.29, 1.82) is 0 Å². The van der Waals surface area contributed by atoms with Crippen LogP contribution in [0.15, 0.2) is 18.2 Å². The lowest BCUT2D eigenvalue weighted by Gasteiger charge is -2.20. The molecule has 0 aliphatic carbocycles. The van der Waals surface area contributed by atoms with Crippen LogP contribution in [-0.2, 0) is 0 Å². The molecule has 1 fully saturated rings. The molecule has 110 valence electrons. The highest BCUT2D eigenvalue weighted by atomic mass is 19.1. The molecule has 0 saturated carbocycles. The second-order valence-corrected chi connectivity index (χ2v) is 5.19. The summed E-state index contributed by atoms with van der Waals surface area (Å²) >= 11 is 0. The molecule has 2 rings (SSSR count). The number of nitrogens with zero attached hydrogens (tertiary/aromatic N) is 2. The summed E-state index contributed by atoms with van der Waals surface area (Å²) in [7, 11) is 3.56. The Kier molecular flexibility index (Phi) is 4.95. The van der Waals surface area contributed by atoms with E-state index in [-0.39, 0.29) is 11.7 Å². The molecule has 20 heavy (non-hydrogen) atoms. The van der Waals surface area contributed by atoms with Gasteiger partial charge >= 0.3 is 0 Å². The van der Waals surface area contributed by atoms with Crippen LogP contribution in [0, 0.1) is 5.82 Å². The van der Waals surface area contributed by atoms with Crippen molar-refractivity contribution in [3.8, 4) is 0 Å². The minimum atomic E-state index is -0.306. The zero-order valence-electron chi connectivity index (χ0n) is 12.2. The van der Waals surface area contributed by atoms with Crippen molar-refractivity contribution >= 4 is 11.6 Å². The maximum atomic E-state index is 14.2. The molecule has 0 radical (unpaired) electrons. The third-order valence-corrected chi connectivity index (χ3v) is 3.69. The van der Waals surface area contributed by atoms with E-state index in [0.29, 0.717) is 17.8 Å². The molecule has 0 unspecified atom stereocenters. The van der Waals surface area contributed by atoms with Crippen molar-refractivity contribution < 1.29 is 9.18 Å². The first-order valence-corrected chi connectivity index (χ1v) is 7.08. The SMILES string of the molecule is CNCCN(C)C(=O)c1ccc(N2CCCC2)c(F)c1. The predicted molar refractivity (Wildman–Crippen MR) is 78.7 cm³/mol. The highest BCUT2D eigenvalue weighted by Crippen LogP contribution is 2.24. The number of hydrogen-bond acceptors (Lipinski definition) is 3. The molecule has 1 aliphatic heterocycles. The van der Waals surface area contributed by atoms with E-state index in [1.165, 1.54) is 6.07 Å². The van der Waals surface area contributed by atoms with Crippen LogP contribution in [0.4, 0.5) is 10.1 Å². The fraction of sp³-hybridized carbons (Fsp3) is 0.533. The Morgan fingerprint density at radius 2 is 2.10 bits per heavy atom. The van der Waals surface area contributed by atoms with Crippen LogP contribution in [0.2, 0.25) is 0 Å². The minimum absolute atomic E-state index is 0.146. The van der Waals surface area contributed by atoms with Gasteiger partial charge in [-0.3, -0.25) is 4.79 Å². The second-order valence-electron chi connectivity index (χ2n) is 5.19. The van der Waals surface area contributed by atoms with Gasteiger partial charge in [-0.05, 0) is 38.1 Å². The number of carbonyl (C=O) groups excluding carboxylic acids is 1. The van der Waals surface area contributed by atoms with Gasteiger partial charge in [0.15, 0.2) is 0 Å². The Morgan fingerprint density at radius 3 is 2.70 bits per heavy atom. The maximum Gasteiger partial charge on any atom is 0.253 e. The van der Waals surface area contributed by atoms with E-state index in [4.69, 9.17) is 0 Å². The first-order valence-electron chi connectivity index (χ1n) is 7.08.